The molecule has 2 nitrogen and oxygen atoms in total. The minimum atomic E-state index is -1.59. The fourth-order valence-electron chi connectivity index (χ4n) is 3.94. The molecule has 2 aromatic rings. The highest BCUT2D eigenvalue weighted by molar-refractivity contribution is 6.78. The Morgan fingerprint density at radius 1 is 1.00 bits per heavy atom. The van der Waals surface area contributed by atoms with Crippen molar-refractivity contribution in [1.29, 1.82) is 0 Å². The lowest BCUT2D eigenvalue weighted by atomic mass is 10.00. The lowest BCUT2D eigenvalue weighted by molar-refractivity contribution is 0.0618. The molecule has 0 aliphatic heterocycles. The summed E-state index contributed by atoms with van der Waals surface area (Å²) in [5.74, 6) is 0.571. The van der Waals surface area contributed by atoms with E-state index in [0.29, 0.717) is 5.56 Å². The molecule has 1 aliphatic carbocycles. The number of rotatable bonds is 3. The molecule has 1 unspecified atom stereocenters. The number of carbonyl (C=O) groups excluding carboxylic acids is 1. The minimum absolute atomic E-state index is 0.221. The van der Waals surface area contributed by atoms with Crippen LogP contribution in [0, 0.1) is 20.8 Å². The van der Waals surface area contributed by atoms with Gasteiger partial charge in [0.1, 0.15) is 5.76 Å². The van der Waals surface area contributed by atoms with Gasteiger partial charge in [-0.2, -0.15) is 0 Å². The second-order valence-corrected chi connectivity index (χ2v) is 13.4. The van der Waals surface area contributed by atoms with Crippen LogP contribution in [0.2, 0.25) is 19.6 Å². The monoisotopic (exact) mass is 350 g/mol. The highest BCUT2D eigenvalue weighted by Crippen LogP contribution is 2.43. The van der Waals surface area contributed by atoms with Crippen molar-refractivity contribution >= 4 is 20.1 Å². The molecular weight excluding hydrogens is 324 g/mol. The van der Waals surface area contributed by atoms with Crippen LogP contribution in [-0.2, 0) is 4.74 Å². The van der Waals surface area contributed by atoms with Crippen LogP contribution in [0.25, 0.3) is 6.08 Å². The Labute approximate surface area is 151 Å². The number of benzene rings is 2. The van der Waals surface area contributed by atoms with Crippen molar-refractivity contribution in [3.63, 3.8) is 0 Å². The molecule has 3 rings (SSSR count). The third-order valence-electron chi connectivity index (χ3n) is 4.85. The van der Waals surface area contributed by atoms with Gasteiger partial charge in [0.25, 0.3) is 0 Å². The Morgan fingerprint density at radius 3 is 2.20 bits per heavy atom. The molecule has 130 valence electrons. The van der Waals surface area contributed by atoms with Crippen LogP contribution in [0.15, 0.2) is 42.2 Å². The van der Waals surface area contributed by atoms with Crippen molar-refractivity contribution in [3.05, 3.63) is 75.5 Å². The zero-order chi connectivity index (χ0) is 18.4. The fourth-order valence-corrected chi connectivity index (χ4v) is 6.13. The number of hydrogen-bond acceptors (Lipinski definition) is 2. The summed E-state index contributed by atoms with van der Waals surface area (Å²) >= 11 is 0. The average molecular weight is 351 g/mol. The molecular formula is C22H26O2Si. The summed E-state index contributed by atoms with van der Waals surface area (Å²) in [7, 11) is -1.59. The molecule has 0 radical (unpaired) electrons. The van der Waals surface area contributed by atoms with Gasteiger partial charge in [0.2, 0.25) is 0 Å². The number of hydrogen-bond donors (Lipinski definition) is 0. The summed E-state index contributed by atoms with van der Waals surface area (Å²) in [6.07, 6.45) is 2.05. The SMILES string of the molecule is Cc1cc(C)c(C(=O)OC2=Cc3ccccc3C2[Si](C)(C)C)c(C)c1. The average Bonchev–Trinajstić information content (AvgIpc) is 2.83. The van der Waals surface area contributed by atoms with Crippen LogP contribution < -0.4 is 0 Å². The molecule has 3 heteroatoms. The van der Waals surface area contributed by atoms with E-state index in [2.05, 4.69) is 43.9 Å². The van der Waals surface area contributed by atoms with E-state index < -0.39 is 8.07 Å². The Balaban J connectivity index is 1.97. The van der Waals surface area contributed by atoms with Crippen LogP contribution in [0.1, 0.15) is 43.7 Å². The van der Waals surface area contributed by atoms with Gasteiger partial charge in [-0.05, 0) is 49.1 Å². The summed E-state index contributed by atoms with van der Waals surface area (Å²) in [4.78, 5) is 12.9. The largest absolute Gasteiger partial charge is 0.427 e. The summed E-state index contributed by atoms with van der Waals surface area (Å²) in [6, 6.07) is 12.5. The second kappa shape index (κ2) is 6.30. The van der Waals surface area contributed by atoms with Gasteiger partial charge in [-0.25, -0.2) is 4.79 Å². The minimum Gasteiger partial charge on any atom is -0.427 e. The molecule has 25 heavy (non-hydrogen) atoms. The first-order valence-electron chi connectivity index (χ1n) is 8.79. The number of carbonyl (C=O) groups is 1. The first kappa shape index (κ1) is 17.7. The van der Waals surface area contributed by atoms with E-state index in [1.165, 1.54) is 16.7 Å². The van der Waals surface area contributed by atoms with E-state index in [4.69, 9.17) is 4.74 Å². The van der Waals surface area contributed by atoms with E-state index in [1.54, 1.807) is 0 Å². The fraction of sp³-hybridized carbons (Fsp3) is 0.318. The molecule has 1 aliphatic rings. The van der Waals surface area contributed by atoms with Crippen molar-refractivity contribution < 1.29 is 9.53 Å². The molecule has 0 heterocycles. The summed E-state index contributed by atoms with van der Waals surface area (Å²) in [5.41, 5.74) is 6.50. The topological polar surface area (TPSA) is 26.3 Å². The number of esters is 1. The van der Waals surface area contributed by atoms with Crippen LogP contribution in [0.5, 0.6) is 0 Å². The maximum atomic E-state index is 12.9. The Bertz CT molecular complexity index is 849. The lowest BCUT2D eigenvalue weighted by Crippen LogP contribution is -2.32. The van der Waals surface area contributed by atoms with E-state index in [1.807, 2.05) is 39.0 Å². The molecule has 0 spiro atoms. The van der Waals surface area contributed by atoms with Crippen molar-refractivity contribution in [2.24, 2.45) is 0 Å². The van der Waals surface area contributed by atoms with E-state index in [-0.39, 0.29) is 11.5 Å². The van der Waals surface area contributed by atoms with Gasteiger partial charge in [0.15, 0.2) is 0 Å². The van der Waals surface area contributed by atoms with E-state index >= 15 is 0 Å². The smallest absolute Gasteiger partial charge is 0.343 e. The number of allylic oxidation sites excluding steroid dienone is 1. The van der Waals surface area contributed by atoms with Crippen LogP contribution >= 0.6 is 0 Å². The molecule has 0 saturated carbocycles. The van der Waals surface area contributed by atoms with Crippen molar-refractivity contribution in [3.8, 4) is 0 Å². The standard InChI is InChI=1S/C22H26O2Si/c1-14-11-15(2)20(16(3)12-14)22(23)24-19-13-17-9-7-8-10-18(17)21(19)25(4,5)6/h7-13,21H,1-6H3. The first-order chi connectivity index (χ1) is 11.7. The van der Waals surface area contributed by atoms with Crippen LogP contribution in [-0.4, -0.2) is 14.0 Å². The normalized spacial score (nSPS) is 16.4. The highest BCUT2D eigenvalue weighted by atomic mass is 28.3. The molecule has 0 aromatic heterocycles. The van der Waals surface area contributed by atoms with Gasteiger partial charge in [-0.15, -0.1) is 0 Å². The Morgan fingerprint density at radius 2 is 1.60 bits per heavy atom. The van der Waals surface area contributed by atoms with Crippen LogP contribution in [0.3, 0.4) is 0 Å². The van der Waals surface area contributed by atoms with Gasteiger partial charge in [-0.3, -0.25) is 0 Å². The maximum Gasteiger partial charge on any atom is 0.343 e. The molecule has 0 bridgehead atoms. The molecule has 0 saturated heterocycles. The third-order valence-corrected chi connectivity index (χ3v) is 7.17. The first-order valence-corrected chi connectivity index (χ1v) is 12.4. The summed E-state index contributed by atoms with van der Waals surface area (Å²) < 4.78 is 5.98. The van der Waals surface area contributed by atoms with Gasteiger partial charge < -0.3 is 4.74 Å². The summed E-state index contributed by atoms with van der Waals surface area (Å²) in [6.45, 7) is 13.0. The zero-order valence-corrected chi connectivity index (χ0v) is 16.9. The van der Waals surface area contributed by atoms with Crippen LogP contribution in [0.4, 0.5) is 0 Å². The Hall–Kier alpha value is -2.13. The third kappa shape index (κ3) is 3.34. The molecule has 0 fully saturated rings. The number of fused-ring (bicyclic) bond motifs is 1. The van der Waals surface area contributed by atoms with E-state index in [0.717, 1.165) is 16.9 Å². The maximum absolute atomic E-state index is 12.9. The quantitative estimate of drug-likeness (QED) is 0.518. The zero-order valence-electron chi connectivity index (χ0n) is 15.9. The molecule has 1 atom stereocenters. The highest BCUT2D eigenvalue weighted by Gasteiger charge is 2.38. The number of aryl methyl sites for hydroxylation is 3. The summed E-state index contributed by atoms with van der Waals surface area (Å²) in [5, 5.41) is 0. The van der Waals surface area contributed by atoms with Crippen molar-refractivity contribution in [1.82, 2.24) is 0 Å². The molecule has 0 amide bonds. The van der Waals surface area contributed by atoms with Gasteiger partial charge in [0.05, 0.1) is 13.6 Å². The van der Waals surface area contributed by atoms with Gasteiger partial charge >= 0.3 is 5.97 Å². The predicted molar refractivity (Wildman–Crippen MR) is 107 cm³/mol. The predicted octanol–water partition coefficient (Wildman–Crippen LogP) is 5.78. The van der Waals surface area contributed by atoms with Crippen molar-refractivity contribution in [2.75, 3.05) is 0 Å². The lowest BCUT2D eigenvalue weighted by Gasteiger charge is -2.28. The molecule has 2 aromatic carbocycles. The van der Waals surface area contributed by atoms with Gasteiger partial charge in [-0.1, -0.05) is 61.6 Å². The number of ether oxygens (including phenoxy) is 1. The molecule has 0 N–H and O–H groups in total. The van der Waals surface area contributed by atoms with E-state index in [9.17, 15) is 4.79 Å². The second-order valence-electron chi connectivity index (χ2n) is 8.14. The Kier molecular flexibility index (Phi) is 4.46. The van der Waals surface area contributed by atoms with Crippen molar-refractivity contribution in [2.45, 2.75) is 46.0 Å². The van der Waals surface area contributed by atoms with Gasteiger partial charge in [0, 0.05) is 5.54 Å².